The summed E-state index contributed by atoms with van der Waals surface area (Å²) in [7, 11) is 0. The van der Waals surface area contributed by atoms with Gasteiger partial charge >= 0.3 is 0 Å². The number of hydrogen-bond donors (Lipinski definition) is 1. The maximum Gasteiger partial charge on any atom is 0.258 e. The fraction of sp³-hybridized carbons (Fsp3) is 0.278. The molecule has 2 heterocycles. The van der Waals surface area contributed by atoms with E-state index in [1.54, 1.807) is 6.20 Å². The topological polar surface area (TPSA) is 37.8 Å². The Bertz CT molecular complexity index is 823. The van der Waals surface area contributed by atoms with Gasteiger partial charge in [-0.05, 0) is 24.5 Å². The van der Waals surface area contributed by atoms with Gasteiger partial charge in [0, 0.05) is 24.0 Å². The second kappa shape index (κ2) is 4.92. The molecule has 0 bridgehead atoms. The Labute approximate surface area is 123 Å². The summed E-state index contributed by atoms with van der Waals surface area (Å²) in [6.45, 7) is 0. The van der Waals surface area contributed by atoms with Gasteiger partial charge in [0.2, 0.25) is 0 Å². The van der Waals surface area contributed by atoms with E-state index in [1.807, 2.05) is 24.3 Å². The normalized spacial score (nSPS) is 15.8. The highest BCUT2D eigenvalue weighted by molar-refractivity contribution is 5.95. The monoisotopic (exact) mass is 278 g/mol. The van der Waals surface area contributed by atoms with Crippen molar-refractivity contribution in [1.82, 2.24) is 9.55 Å². The highest BCUT2D eigenvalue weighted by Crippen LogP contribution is 2.36. The molecule has 21 heavy (non-hydrogen) atoms. The molecule has 1 aliphatic carbocycles. The maximum absolute atomic E-state index is 12.3. The molecule has 0 saturated heterocycles. The molecule has 3 heteroatoms. The molecule has 0 amide bonds. The first-order chi connectivity index (χ1) is 10.3. The zero-order chi connectivity index (χ0) is 14.2. The molecule has 3 aromatic rings. The average Bonchev–Trinajstić information content (AvgIpc) is 3.16. The van der Waals surface area contributed by atoms with Crippen LogP contribution in [0, 0.1) is 0 Å². The summed E-state index contributed by atoms with van der Waals surface area (Å²) in [5.74, 6) is 0. The van der Waals surface area contributed by atoms with Crippen molar-refractivity contribution in [2.75, 3.05) is 0 Å². The second-order valence-corrected chi connectivity index (χ2v) is 5.82. The number of aromatic amines is 1. The van der Waals surface area contributed by atoms with Crippen LogP contribution in [0.2, 0.25) is 0 Å². The first-order valence-electron chi connectivity index (χ1n) is 7.62. The fourth-order valence-corrected chi connectivity index (χ4v) is 3.54. The van der Waals surface area contributed by atoms with E-state index in [1.165, 1.54) is 25.7 Å². The Kier molecular flexibility index (Phi) is 2.92. The molecule has 1 N–H and O–H groups in total. The Balaban J connectivity index is 2.01. The minimum Gasteiger partial charge on any atom is -0.344 e. The van der Waals surface area contributed by atoms with Gasteiger partial charge in [0.15, 0.2) is 0 Å². The van der Waals surface area contributed by atoms with Crippen molar-refractivity contribution in [2.24, 2.45) is 0 Å². The molecule has 0 unspecified atom stereocenters. The summed E-state index contributed by atoms with van der Waals surface area (Å²) in [5, 5.41) is 0.815. The lowest BCUT2D eigenvalue weighted by Crippen LogP contribution is -2.07. The summed E-state index contributed by atoms with van der Waals surface area (Å²) in [4.78, 5) is 15.2. The van der Waals surface area contributed by atoms with Crippen LogP contribution in [0.25, 0.3) is 22.0 Å². The largest absolute Gasteiger partial charge is 0.344 e. The third-order valence-electron chi connectivity index (χ3n) is 4.56. The van der Waals surface area contributed by atoms with Gasteiger partial charge in [0.05, 0.1) is 10.9 Å². The summed E-state index contributed by atoms with van der Waals surface area (Å²) in [5.41, 5.74) is 3.21. The van der Waals surface area contributed by atoms with Crippen molar-refractivity contribution in [2.45, 2.75) is 31.7 Å². The van der Waals surface area contributed by atoms with Gasteiger partial charge in [0.1, 0.15) is 0 Å². The van der Waals surface area contributed by atoms with Crippen LogP contribution in [0.5, 0.6) is 0 Å². The number of nitrogens with zero attached hydrogens (tertiary/aromatic N) is 1. The van der Waals surface area contributed by atoms with Crippen molar-refractivity contribution >= 4 is 10.9 Å². The van der Waals surface area contributed by atoms with Crippen LogP contribution in [0.4, 0.5) is 0 Å². The predicted molar refractivity (Wildman–Crippen MR) is 85.5 cm³/mol. The van der Waals surface area contributed by atoms with Crippen molar-refractivity contribution in [3.8, 4) is 11.1 Å². The van der Waals surface area contributed by atoms with Gasteiger partial charge in [-0.25, -0.2) is 0 Å². The van der Waals surface area contributed by atoms with E-state index < -0.39 is 0 Å². The van der Waals surface area contributed by atoms with Crippen molar-refractivity contribution in [3.05, 3.63) is 59.1 Å². The zero-order valence-electron chi connectivity index (χ0n) is 11.9. The quantitative estimate of drug-likeness (QED) is 0.752. The minimum atomic E-state index is 0.00287. The minimum absolute atomic E-state index is 0.00287. The molecule has 0 atom stereocenters. The SMILES string of the molecule is O=c1[nH]ccc2c1c(-c1ccccc1)cn2C1CCCC1. The average molecular weight is 278 g/mol. The Morgan fingerprint density at radius 1 is 1.05 bits per heavy atom. The smallest absolute Gasteiger partial charge is 0.258 e. The number of hydrogen-bond acceptors (Lipinski definition) is 1. The highest BCUT2D eigenvalue weighted by atomic mass is 16.1. The van der Waals surface area contributed by atoms with Crippen LogP contribution < -0.4 is 5.56 Å². The lowest BCUT2D eigenvalue weighted by atomic mass is 10.1. The Hall–Kier alpha value is -2.29. The van der Waals surface area contributed by atoms with Crippen LogP contribution >= 0.6 is 0 Å². The molecule has 0 radical (unpaired) electrons. The summed E-state index contributed by atoms with van der Waals surface area (Å²) >= 11 is 0. The molecule has 4 rings (SSSR count). The third-order valence-corrected chi connectivity index (χ3v) is 4.56. The standard InChI is InChI=1S/C18H18N2O/c21-18-17-15(13-6-2-1-3-7-13)12-20(14-8-4-5-9-14)16(17)10-11-19-18/h1-3,6-7,10-12,14H,4-5,8-9H2,(H,19,21). The van der Waals surface area contributed by atoms with Crippen LogP contribution in [0.3, 0.4) is 0 Å². The number of aromatic nitrogens is 2. The van der Waals surface area contributed by atoms with Crippen molar-refractivity contribution in [1.29, 1.82) is 0 Å². The molecular weight excluding hydrogens is 260 g/mol. The lowest BCUT2D eigenvalue weighted by Gasteiger charge is -2.12. The number of nitrogens with one attached hydrogen (secondary N) is 1. The second-order valence-electron chi connectivity index (χ2n) is 5.82. The van der Waals surface area contributed by atoms with E-state index in [0.717, 1.165) is 22.0 Å². The Morgan fingerprint density at radius 3 is 2.57 bits per heavy atom. The van der Waals surface area contributed by atoms with Crippen LogP contribution in [0.15, 0.2) is 53.6 Å². The van der Waals surface area contributed by atoms with Gasteiger partial charge in [0.25, 0.3) is 5.56 Å². The van der Waals surface area contributed by atoms with E-state index in [9.17, 15) is 4.79 Å². The molecule has 0 aliphatic heterocycles. The third kappa shape index (κ3) is 2.00. The van der Waals surface area contributed by atoms with Crippen LogP contribution in [-0.4, -0.2) is 9.55 Å². The first kappa shape index (κ1) is 12.5. The van der Waals surface area contributed by atoms with E-state index >= 15 is 0 Å². The van der Waals surface area contributed by atoms with E-state index in [4.69, 9.17) is 0 Å². The van der Waals surface area contributed by atoms with E-state index in [-0.39, 0.29) is 5.56 Å². The molecule has 0 spiro atoms. The number of H-pyrrole nitrogens is 1. The molecule has 106 valence electrons. The molecule has 2 aromatic heterocycles. The van der Waals surface area contributed by atoms with Crippen molar-refractivity contribution in [3.63, 3.8) is 0 Å². The molecular formula is C18H18N2O. The number of fused-ring (bicyclic) bond motifs is 1. The van der Waals surface area contributed by atoms with Crippen LogP contribution in [0.1, 0.15) is 31.7 Å². The summed E-state index contributed by atoms with van der Waals surface area (Å²) in [6.07, 6.45) is 8.92. The molecule has 1 aliphatic rings. The predicted octanol–water partition coefficient (Wildman–Crippen LogP) is 4.11. The van der Waals surface area contributed by atoms with Gasteiger partial charge in [-0.2, -0.15) is 0 Å². The van der Waals surface area contributed by atoms with Gasteiger partial charge in [-0.1, -0.05) is 43.2 Å². The lowest BCUT2D eigenvalue weighted by molar-refractivity contribution is 0.536. The van der Waals surface area contributed by atoms with E-state index in [0.29, 0.717) is 6.04 Å². The van der Waals surface area contributed by atoms with Gasteiger partial charge in [-0.15, -0.1) is 0 Å². The van der Waals surface area contributed by atoms with E-state index in [2.05, 4.69) is 27.9 Å². The number of rotatable bonds is 2. The Morgan fingerprint density at radius 2 is 1.81 bits per heavy atom. The van der Waals surface area contributed by atoms with Crippen LogP contribution in [-0.2, 0) is 0 Å². The zero-order valence-corrected chi connectivity index (χ0v) is 11.9. The number of pyridine rings is 1. The molecule has 1 saturated carbocycles. The molecule has 3 nitrogen and oxygen atoms in total. The fourth-order valence-electron chi connectivity index (χ4n) is 3.54. The maximum atomic E-state index is 12.3. The van der Waals surface area contributed by atoms with Crippen molar-refractivity contribution < 1.29 is 0 Å². The first-order valence-corrected chi connectivity index (χ1v) is 7.62. The summed E-state index contributed by atoms with van der Waals surface area (Å²) < 4.78 is 2.32. The summed E-state index contributed by atoms with van der Waals surface area (Å²) in [6, 6.07) is 12.7. The number of benzene rings is 1. The van der Waals surface area contributed by atoms with Gasteiger partial charge in [-0.3, -0.25) is 4.79 Å². The molecule has 1 fully saturated rings. The molecule has 1 aromatic carbocycles. The highest BCUT2D eigenvalue weighted by Gasteiger charge is 2.21. The van der Waals surface area contributed by atoms with Gasteiger partial charge < -0.3 is 9.55 Å².